The molecule has 2 aromatic carbocycles. The van der Waals surface area contributed by atoms with Crippen LogP contribution in [0.25, 0.3) is 10.9 Å². The second kappa shape index (κ2) is 7.65. The molecular weight excluding hydrogens is 378 g/mol. The molecule has 3 aromatic rings. The van der Waals surface area contributed by atoms with Gasteiger partial charge in [0, 0.05) is 25.3 Å². The summed E-state index contributed by atoms with van der Waals surface area (Å²) in [5.41, 5.74) is 2.24. The van der Waals surface area contributed by atoms with Gasteiger partial charge in [-0.2, -0.15) is 0 Å². The molecule has 0 spiro atoms. The monoisotopic (exact) mass is 401 g/mol. The minimum atomic E-state index is -3.62. The first-order valence-corrected chi connectivity index (χ1v) is 10.1. The topological polar surface area (TPSA) is 80.6 Å². The maximum Gasteiger partial charge on any atom is 0.244 e. The Balaban J connectivity index is 1.90. The van der Waals surface area contributed by atoms with Crippen LogP contribution in [0.5, 0.6) is 5.75 Å². The van der Waals surface area contributed by atoms with Gasteiger partial charge < -0.3 is 14.6 Å². The van der Waals surface area contributed by atoms with Crippen molar-refractivity contribution in [2.24, 2.45) is 0 Å². The highest BCUT2D eigenvalue weighted by Gasteiger charge is 2.20. The van der Waals surface area contributed by atoms with Gasteiger partial charge in [-0.25, -0.2) is 12.7 Å². The zero-order chi connectivity index (χ0) is 20.5. The molecule has 0 unspecified atom stereocenters. The molecule has 7 nitrogen and oxygen atoms in total. The lowest BCUT2D eigenvalue weighted by Gasteiger charge is -2.15. The number of methoxy groups -OCH3 is 1. The summed E-state index contributed by atoms with van der Waals surface area (Å²) < 4.78 is 33.1. The van der Waals surface area contributed by atoms with Crippen LogP contribution in [0.3, 0.4) is 0 Å². The Morgan fingerprint density at radius 2 is 1.86 bits per heavy atom. The molecule has 0 fully saturated rings. The van der Waals surface area contributed by atoms with E-state index in [2.05, 4.69) is 5.32 Å². The summed E-state index contributed by atoms with van der Waals surface area (Å²) in [7, 11) is 0.755. The number of aromatic nitrogens is 1. The summed E-state index contributed by atoms with van der Waals surface area (Å²) in [6.45, 7) is 2.05. The SMILES string of the molecule is COc1ccc(S(=O)(=O)N(C)C)cc1NC(=O)Cn1c(C)cc2ccccc21. The number of sulfonamides is 1. The van der Waals surface area contributed by atoms with Crippen molar-refractivity contribution < 1.29 is 17.9 Å². The molecule has 0 atom stereocenters. The van der Waals surface area contributed by atoms with E-state index in [0.29, 0.717) is 11.4 Å². The molecule has 1 aromatic heterocycles. The molecule has 1 amide bonds. The van der Waals surface area contributed by atoms with Crippen molar-refractivity contribution in [2.45, 2.75) is 18.4 Å². The number of fused-ring (bicyclic) bond motifs is 1. The summed E-state index contributed by atoms with van der Waals surface area (Å²) in [6, 6.07) is 14.2. The van der Waals surface area contributed by atoms with E-state index in [1.54, 1.807) is 0 Å². The number of rotatable bonds is 6. The lowest BCUT2D eigenvalue weighted by molar-refractivity contribution is -0.116. The average Bonchev–Trinajstić information content (AvgIpc) is 2.97. The molecular formula is C20H23N3O4S. The molecule has 1 N–H and O–H groups in total. The van der Waals surface area contributed by atoms with Gasteiger partial charge in [0.2, 0.25) is 15.9 Å². The van der Waals surface area contributed by atoms with Crippen molar-refractivity contribution in [3.63, 3.8) is 0 Å². The number of nitrogens with one attached hydrogen (secondary N) is 1. The van der Waals surface area contributed by atoms with Gasteiger partial charge in [-0.1, -0.05) is 18.2 Å². The minimum Gasteiger partial charge on any atom is -0.495 e. The maximum atomic E-state index is 12.7. The summed E-state index contributed by atoms with van der Waals surface area (Å²) in [5, 5.41) is 3.84. The molecule has 28 heavy (non-hydrogen) atoms. The van der Waals surface area contributed by atoms with E-state index < -0.39 is 10.0 Å². The number of anilines is 1. The fraction of sp³-hybridized carbons (Fsp3) is 0.250. The molecule has 0 aliphatic carbocycles. The van der Waals surface area contributed by atoms with E-state index in [0.717, 1.165) is 20.9 Å². The number of hydrogen-bond donors (Lipinski definition) is 1. The Bertz CT molecular complexity index is 1130. The molecule has 148 valence electrons. The van der Waals surface area contributed by atoms with Gasteiger partial charge >= 0.3 is 0 Å². The van der Waals surface area contributed by atoms with Gasteiger partial charge in [0.05, 0.1) is 17.7 Å². The number of amides is 1. The van der Waals surface area contributed by atoms with Gasteiger partial charge in [-0.05, 0) is 42.6 Å². The number of benzene rings is 2. The van der Waals surface area contributed by atoms with Gasteiger partial charge in [-0.15, -0.1) is 0 Å². The first kappa shape index (κ1) is 19.9. The van der Waals surface area contributed by atoms with Crippen molar-refractivity contribution in [2.75, 3.05) is 26.5 Å². The Morgan fingerprint density at radius 3 is 2.54 bits per heavy atom. The second-order valence-electron chi connectivity index (χ2n) is 6.63. The van der Waals surface area contributed by atoms with Gasteiger partial charge in [0.1, 0.15) is 12.3 Å². The zero-order valence-corrected chi connectivity index (χ0v) is 17.1. The fourth-order valence-electron chi connectivity index (χ4n) is 3.05. The van der Waals surface area contributed by atoms with Crippen LogP contribution in [-0.2, 0) is 21.4 Å². The van der Waals surface area contributed by atoms with Crippen molar-refractivity contribution in [1.82, 2.24) is 8.87 Å². The van der Waals surface area contributed by atoms with Crippen LogP contribution in [0.2, 0.25) is 0 Å². The van der Waals surface area contributed by atoms with Crippen LogP contribution < -0.4 is 10.1 Å². The standard InChI is InChI=1S/C20H23N3O4S/c1-14-11-15-7-5-6-8-18(15)23(14)13-20(24)21-17-12-16(9-10-19(17)27-4)28(25,26)22(2)3/h5-12H,13H2,1-4H3,(H,21,24). The van der Waals surface area contributed by atoms with Crippen LogP contribution in [0, 0.1) is 6.92 Å². The lowest BCUT2D eigenvalue weighted by Crippen LogP contribution is -2.23. The summed E-state index contributed by atoms with van der Waals surface area (Å²) in [5.74, 6) is 0.113. The molecule has 0 aliphatic rings. The molecule has 0 radical (unpaired) electrons. The third-order valence-corrected chi connectivity index (χ3v) is 6.35. The van der Waals surface area contributed by atoms with Crippen LogP contribution in [0.4, 0.5) is 5.69 Å². The Hall–Kier alpha value is -2.84. The number of nitrogens with zero attached hydrogens (tertiary/aromatic N) is 2. The fourth-order valence-corrected chi connectivity index (χ4v) is 3.98. The Labute approximate surface area is 164 Å². The number of aryl methyl sites for hydroxylation is 1. The minimum absolute atomic E-state index is 0.0798. The number of carbonyl (C=O) groups is 1. The van der Waals surface area contributed by atoms with E-state index in [9.17, 15) is 13.2 Å². The quantitative estimate of drug-likeness (QED) is 0.689. The highest BCUT2D eigenvalue weighted by Crippen LogP contribution is 2.28. The van der Waals surface area contributed by atoms with E-state index in [-0.39, 0.29) is 17.3 Å². The first-order chi connectivity index (χ1) is 13.2. The average molecular weight is 401 g/mol. The van der Waals surface area contributed by atoms with Gasteiger partial charge in [0.15, 0.2) is 0 Å². The first-order valence-electron chi connectivity index (χ1n) is 8.69. The van der Waals surface area contributed by atoms with Crippen LogP contribution >= 0.6 is 0 Å². The van der Waals surface area contributed by atoms with Crippen LogP contribution in [-0.4, -0.2) is 44.4 Å². The van der Waals surface area contributed by atoms with E-state index in [4.69, 9.17) is 4.74 Å². The maximum absolute atomic E-state index is 12.7. The highest BCUT2D eigenvalue weighted by atomic mass is 32.2. The Morgan fingerprint density at radius 1 is 1.14 bits per heavy atom. The number of para-hydroxylation sites is 1. The third-order valence-electron chi connectivity index (χ3n) is 4.54. The predicted octanol–water partition coefficient (Wildman–Crippen LogP) is 2.85. The number of carbonyl (C=O) groups excluding carboxylic acids is 1. The normalized spacial score (nSPS) is 11.8. The van der Waals surface area contributed by atoms with E-state index >= 15 is 0 Å². The highest BCUT2D eigenvalue weighted by molar-refractivity contribution is 7.89. The Kier molecular flexibility index (Phi) is 5.44. The second-order valence-corrected chi connectivity index (χ2v) is 8.78. The summed E-state index contributed by atoms with van der Waals surface area (Å²) >= 11 is 0. The zero-order valence-electron chi connectivity index (χ0n) is 16.3. The van der Waals surface area contributed by atoms with Crippen molar-refractivity contribution >= 4 is 32.5 Å². The predicted molar refractivity (Wildman–Crippen MR) is 109 cm³/mol. The third kappa shape index (κ3) is 3.74. The molecule has 0 aliphatic heterocycles. The van der Waals surface area contributed by atoms with Crippen LogP contribution in [0.1, 0.15) is 5.69 Å². The van der Waals surface area contributed by atoms with E-state index in [1.165, 1.54) is 39.4 Å². The number of ether oxygens (including phenoxy) is 1. The van der Waals surface area contributed by atoms with Crippen molar-refractivity contribution in [3.8, 4) is 5.75 Å². The van der Waals surface area contributed by atoms with Crippen LogP contribution in [0.15, 0.2) is 53.4 Å². The van der Waals surface area contributed by atoms with Crippen molar-refractivity contribution in [1.29, 1.82) is 0 Å². The van der Waals surface area contributed by atoms with Gasteiger partial charge in [0.25, 0.3) is 0 Å². The summed E-state index contributed by atoms with van der Waals surface area (Å²) in [6.07, 6.45) is 0. The summed E-state index contributed by atoms with van der Waals surface area (Å²) in [4.78, 5) is 12.8. The molecule has 8 heteroatoms. The van der Waals surface area contributed by atoms with E-state index in [1.807, 2.05) is 41.8 Å². The molecule has 0 saturated carbocycles. The largest absolute Gasteiger partial charge is 0.495 e. The molecule has 0 bridgehead atoms. The molecule has 1 heterocycles. The van der Waals surface area contributed by atoms with Crippen molar-refractivity contribution in [3.05, 3.63) is 54.2 Å². The molecule has 3 rings (SSSR count). The molecule has 0 saturated heterocycles. The lowest BCUT2D eigenvalue weighted by atomic mass is 10.2. The number of hydrogen-bond acceptors (Lipinski definition) is 4. The smallest absolute Gasteiger partial charge is 0.244 e. The van der Waals surface area contributed by atoms with Gasteiger partial charge in [-0.3, -0.25) is 4.79 Å².